The molecule has 0 spiro atoms. The van der Waals surface area contributed by atoms with Crippen LogP contribution in [0.2, 0.25) is 4.34 Å². The van der Waals surface area contributed by atoms with Crippen LogP contribution in [-0.2, 0) is 12.8 Å². The molecule has 0 aliphatic heterocycles. The standard InChI is InChI=1S/C22H18ClNO3S/c23-19-17(16-11-10-13-6-4-5-9-15(13)12-16)18(22(26)27)21(28-19)24-20(25)14-7-2-1-3-8-14/h1-9,16H,10-12H2,(H,24,25)(H,26,27). The fraction of sp³-hybridized carbons (Fsp3) is 0.182. The number of aromatic carboxylic acids is 1. The number of anilines is 1. The van der Waals surface area contributed by atoms with Gasteiger partial charge >= 0.3 is 5.97 Å². The molecule has 0 radical (unpaired) electrons. The molecule has 4 rings (SSSR count). The van der Waals surface area contributed by atoms with Crippen LogP contribution >= 0.6 is 22.9 Å². The second kappa shape index (κ2) is 7.78. The first kappa shape index (κ1) is 18.7. The third-order valence-electron chi connectivity index (χ3n) is 5.13. The molecule has 0 saturated carbocycles. The van der Waals surface area contributed by atoms with Gasteiger partial charge in [0.25, 0.3) is 5.91 Å². The van der Waals surface area contributed by atoms with Gasteiger partial charge in [0.05, 0.1) is 9.90 Å². The van der Waals surface area contributed by atoms with Crippen molar-refractivity contribution in [1.29, 1.82) is 0 Å². The largest absolute Gasteiger partial charge is 0.478 e. The molecule has 1 amide bonds. The van der Waals surface area contributed by atoms with Crippen LogP contribution < -0.4 is 5.32 Å². The molecule has 0 saturated heterocycles. The van der Waals surface area contributed by atoms with Gasteiger partial charge in [-0.1, -0.05) is 54.1 Å². The maximum Gasteiger partial charge on any atom is 0.339 e. The van der Waals surface area contributed by atoms with Gasteiger partial charge in [0.1, 0.15) is 5.00 Å². The van der Waals surface area contributed by atoms with E-state index in [0.29, 0.717) is 20.5 Å². The molecule has 1 atom stereocenters. The van der Waals surface area contributed by atoms with Gasteiger partial charge in [-0.3, -0.25) is 4.79 Å². The number of thiophene rings is 1. The Labute approximate surface area is 171 Å². The Morgan fingerprint density at radius 2 is 1.71 bits per heavy atom. The Hall–Kier alpha value is -2.63. The van der Waals surface area contributed by atoms with Gasteiger partial charge in [-0.15, -0.1) is 11.3 Å². The summed E-state index contributed by atoms with van der Waals surface area (Å²) >= 11 is 7.61. The second-order valence-corrected chi connectivity index (χ2v) is 8.45. The Kier molecular flexibility index (Phi) is 5.20. The van der Waals surface area contributed by atoms with Gasteiger partial charge in [-0.25, -0.2) is 4.79 Å². The van der Waals surface area contributed by atoms with E-state index >= 15 is 0 Å². The third-order valence-corrected chi connectivity index (χ3v) is 6.48. The van der Waals surface area contributed by atoms with E-state index in [2.05, 4.69) is 17.4 Å². The summed E-state index contributed by atoms with van der Waals surface area (Å²) in [4.78, 5) is 24.6. The number of carboxylic acids is 1. The summed E-state index contributed by atoms with van der Waals surface area (Å²) in [7, 11) is 0. The molecule has 0 fully saturated rings. The average molecular weight is 412 g/mol. The van der Waals surface area contributed by atoms with E-state index < -0.39 is 5.97 Å². The van der Waals surface area contributed by atoms with Crippen LogP contribution in [0.4, 0.5) is 5.00 Å². The van der Waals surface area contributed by atoms with Crippen LogP contribution in [0.1, 0.15) is 49.7 Å². The summed E-state index contributed by atoms with van der Waals surface area (Å²) in [6.45, 7) is 0. The van der Waals surface area contributed by atoms with Crippen molar-refractivity contribution in [2.45, 2.75) is 25.2 Å². The molecule has 6 heteroatoms. The van der Waals surface area contributed by atoms with Crippen LogP contribution in [0, 0.1) is 0 Å². The van der Waals surface area contributed by atoms with Crippen molar-refractivity contribution in [3.05, 3.63) is 86.8 Å². The molecule has 1 aromatic heterocycles. The van der Waals surface area contributed by atoms with Crippen LogP contribution in [0.25, 0.3) is 0 Å². The van der Waals surface area contributed by atoms with E-state index in [4.69, 9.17) is 11.6 Å². The number of halogens is 1. The zero-order chi connectivity index (χ0) is 19.7. The Morgan fingerprint density at radius 1 is 1.04 bits per heavy atom. The normalized spacial score (nSPS) is 15.7. The highest BCUT2D eigenvalue weighted by atomic mass is 35.5. The van der Waals surface area contributed by atoms with Crippen molar-refractivity contribution < 1.29 is 14.7 Å². The van der Waals surface area contributed by atoms with Crippen LogP contribution in [0.5, 0.6) is 0 Å². The van der Waals surface area contributed by atoms with E-state index in [1.807, 2.05) is 18.2 Å². The second-order valence-electron chi connectivity index (χ2n) is 6.83. The van der Waals surface area contributed by atoms with Crippen LogP contribution in [0.15, 0.2) is 54.6 Å². The van der Waals surface area contributed by atoms with E-state index in [0.717, 1.165) is 30.6 Å². The van der Waals surface area contributed by atoms with E-state index in [1.165, 1.54) is 11.1 Å². The summed E-state index contributed by atoms with van der Waals surface area (Å²) in [5.74, 6) is -1.39. The number of carbonyl (C=O) groups is 2. The molecule has 1 aliphatic carbocycles. The molecule has 3 aromatic rings. The first-order chi connectivity index (χ1) is 13.5. The topological polar surface area (TPSA) is 66.4 Å². The minimum Gasteiger partial charge on any atom is -0.478 e. The lowest BCUT2D eigenvalue weighted by Crippen LogP contribution is -2.17. The van der Waals surface area contributed by atoms with Gasteiger partial charge < -0.3 is 10.4 Å². The minimum absolute atomic E-state index is 0.0205. The van der Waals surface area contributed by atoms with Crippen molar-refractivity contribution in [1.82, 2.24) is 0 Å². The molecule has 1 heterocycles. The highest BCUT2D eigenvalue weighted by Crippen LogP contribution is 2.45. The highest BCUT2D eigenvalue weighted by Gasteiger charge is 2.31. The zero-order valence-electron chi connectivity index (χ0n) is 14.9. The van der Waals surface area contributed by atoms with Gasteiger partial charge in [-0.05, 0) is 48.4 Å². The predicted molar refractivity (Wildman–Crippen MR) is 112 cm³/mol. The molecule has 1 unspecified atom stereocenters. The Balaban J connectivity index is 1.68. The smallest absolute Gasteiger partial charge is 0.339 e. The third kappa shape index (κ3) is 3.55. The molecule has 1 aliphatic rings. The van der Waals surface area contributed by atoms with E-state index in [1.54, 1.807) is 24.3 Å². The number of carbonyl (C=O) groups excluding carboxylic acids is 1. The molecule has 0 bridgehead atoms. The number of hydrogen-bond donors (Lipinski definition) is 2. The lowest BCUT2D eigenvalue weighted by Gasteiger charge is -2.25. The first-order valence-electron chi connectivity index (χ1n) is 9.03. The Bertz CT molecular complexity index is 1050. The number of hydrogen-bond acceptors (Lipinski definition) is 3. The number of nitrogens with one attached hydrogen (secondary N) is 1. The first-order valence-corrected chi connectivity index (χ1v) is 10.2. The van der Waals surface area contributed by atoms with Crippen molar-refractivity contribution in [3.8, 4) is 0 Å². The maximum atomic E-state index is 12.5. The van der Waals surface area contributed by atoms with Gasteiger partial charge in [0.2, 0.25) is 0 Å². The van der Waals surface area contributed by atoms with E-state index in [9.17, 15) is 14.7 Å². The number of fused-ring (bicyclic) bond motifs is 1. The lowest BCUT2D eigenvalue weighted by molar-refractivity contribution is 0.0696. The van der Waals surface area contributed by atoms with Crippen molar-refractivity contribution in [2.24, 2.45) is 0 Å². The molecule has 28 heavy (non-hydrogen) atoms. The molecule has 4 nitrogen and oxygen atoms in total. The lowest BCUT2D eigenvalue weighted by atomic mass is 9.80. The van der Waals surface area contributed by atoms with E-state index in [-0.39, 0.29) is 17.4 Å². The summed E-state index contributed by atoms with van der Waals surface area (Å²) in [6, 6.07) is 16.9. The predicted octanol–water partition coefficient (Wildman–Crippen LogP) is 5.62. The average Bonchev–Trinajstić information content (AvgIpc) is 3.04. The summed E-state index contributed by atoms with van der Waals surface area (Å²) < 4.78 is 0.435. The fourth-order valence-corrected chi connectivity index (χ4v) is 5.27. The SMILES string of the molecule is O=C(Nc1sc(Cl)c(C2CCc3ccccc3C2)c1C(=O)O)c1ccccc1. The minimum atomic E-state index is -1.07. The van der Waals surface area contributed by atoms with Crippen molar-refractivity contribution >= 4 is 39.8 Å². The molecular formula is C22H18ClNO3S. The highest BCUT2D eigenvalue weighted by molar-refractivity contribution is 7.20. The zero-order valence-corrected chi connectivity index (χ0v) is 16.5. The van der Waals surface area contributed by atoms with Gasteiger partial charge in [0.15, 0.2) is 0 Å². The number of carboxylic acid groups (broad SMARTS) is 1. The quantitative estimate of drug-likeness (QED) is 0.585. The van der Waals surface area contributed by atoms with Gasteiger partial charge in [-0.2, -0.15) is 0 Å². The fourth-order valence-electron chi connectivity index (χ4n) is 3.79. The van der Waals surface area contributed by atoms with Crippen molar-refractivity contribution in [3.63, 3.8) is 0 Å². The van der Waals surface area contributed by atoms with Gasteiger partial charge in [0, 0.05) is 11.1 Å². The monoisotopic (exact) mass is 411 g/mol. The van der Waals surface area contributed by atoms with Crippen molar-refractivity contribution in [2.75, 3.05) is 5.32 Å². The maximum absolute atomic E-state index is 12.5. The molecular weight excluding hydrogens is 394 g/mol. The number of aryl methyl sites for hydroxylation is 1. The Morgan fingerprint density at radius 3 is 2.43 bits per heavy atom. The molecule has 2 aromatic carbocycles. The number of benzene rings is 2. The molecule has 142 valence electrons. The number of rotatable bonds is 4. The molecule has 2 N–H and O–H groups in total. The number of amides is 1. The summed E-state index contributed by atoms with van der Waals surface area (Å²) in [5, 5.41) is 12.9. The summed E-state index contributed by atoms with van der Waals surface area (Å²) in [5.41, 5.74) is 3.75. The van der Waals surface area contributed by atoms with Crippen LogP contribution in [-0.4, -0.2) is 17.0 Å². The summed E-state index contributed by atoms with van der Waals surface area (Å²) in [6.07, 6.45) is 2.47. The van der Waals surface area contributed by atoms with Crippen LogP contribution in [0.3, 0.4) is 0 Å².